The molecule has 130 valence electrons. The monoisotopic (exact) mass is 367 g/mol. The van der Waals surface area contributed by atoms with Gasteiger partial charge in [0.2, 0.25) is 5.03 Å². The number of aryl methyl sites for hydroxylation is 1. The Labute approximate surface area is 148 Å². The highest BCUT2D eigenvalue weighted by Gasteiger charge is 2.31. The maximum absolute atomic E-state index is 12.8. The summed E-state index contributed by atoms with van der Waals surface area (Å²) in [7, 11) is -2.11. The normalized spacial score (nSPS) is 17.8. The summed E-state index contributed by atoms with van der Waals surface area (Å²) >= 11 is 6.09. The Morgan fingerprint density at radius 3 is 2.46 bits per heavy atom. The van der Waals surface area contributed by atoms with E-state index >= 15 is 0 Å². The minimum absolute atomic E-state index is 0.108. The van der Waals surface area contributed by atoms with E-state index in [4.69, 9.17) is 11.6 Å². The molecule has 1 N–H and O–H groups in total. The maximum atomic E-state index is 12.8. The van der Waals surface area contributed by atoms with E-state index in [2.05, 4.69) is 9.71 Å². The molecule has 1 heterocycles. The first-order valence-corrected chi connectivity index (χ1v) is 10.1. The molecule has 0 unspecified atom stereocenters. The van der Waals surface area contributed by atoms with Crippen LogP contribution in [0.15, 0.2) is 41.7 Å². The first-order chi connectivity index (χ1) is 11.5. The SMILES string of the molecule is Cn1cnc(S(=O)(=O)N[C@H](c2ccccc2)C2CCCCC2)c1Cl. The number of nitrogens with zero attached hydrogens (tertiary/aromatic N) is 2. The molecule has 0 amide bonds. The molecular formula is C17H22ClN3O2S. The van der Waals surface area contributed by atoms with Crippen molar-refractivity contribution in [1.29, 1.82) is 0 Å². The van der Waals surface area contributed by atoms with E-state index < -0.39 is 10.0 Å². The third kappa shape index (κ3) is 3.66. The smallest absolute Gasteiger partial charge is 0.261 e. The second-order valence-electron chi connectivity index (χ2n) is 6.36. The van der Waals surface area contributed by atoms with Gasteiger partial charge in [0.05, 0.1) is 6.33 Å². The van der Waals surface area contributed by atoms with Crippen LogP contribution >= 0.6 is 11.6 Å². The topological polar surface area (TPSA) is 64.0 Å². The van der Waals surface area contributed by atoms with Crippen LogP contribution in [0.4, 0.5) is 0 Å². The molecule has 2 aromatic rings. The molecular weight excluding hydrogens is 346 g/mol. The lowest BCUT2D eigenvalue weighted by atomic mass is 9.81. The van der Waals surface area contributed by atoms with Crippen LogP contribution in [0.3, 0.4) is 0 Å². The van der Waals surface area contributed by atoms with Crippen LogP contribution in [0, 0.1) is 5.92 Å². The van der Waals surface area contributed by atoms with Crippen molar-refractivity contribution in [3.8, 4) is 0 Å². The van der Waals surface area contributed by atoms with E-state index in [9.17, 15) is 8.42 Å². The van der Waals surface area contributed by atoms with Gasteiger partial charge in [0.1, 0.15) is 5.15 Å². The lowest BCUT2D eigenvalue weighted by Crippen LogP contribution is -2.34. The standard InChI is InChI=1S/C17H22ClN3O2S/c1-21-12-19-17(16(21)18)24(22,23)20-15(13-8-4-2-5-9-13)14-10-6-3-7-11-14/h2,4-5,8-9,12,14-15,20H,3,6-7,10-11H2,1H3/t15-/m1/s1. The number of sulfonamides is 1. The van der Waals surface area contributed by atoms with Crippen LogP contribution in [0.5, 0.6) is 0 Å². The Kier molecular flexibility index (Phi) is 5.27. The number of nitrogens with one attached hydrogen (secondary N) is 1. The highest BCUT2D eigenvalue weighted by Crippen LogP contribution is 2.35. The predicted octanol–water partition coefficient (Wildman–Crippen LogP) is 3.67. The summed E-state index contributed by atoms with van der Waals surface area (Å²) in [5.74, 6) is 0.290. The first kappa shape index (κ1) is 17.5. The van der Waals surface area contributed by atoms with Crippen molar-refractivity contribution in [2.75, 3.05) is 0 Å². The number of imidazole rings is 1. The van der Waals surface area contributed by atoms with Gasteiger partial charge < -0.3 is 4.57 Å². The van der Waals surface area contributed by atoms with Gasteiger partial charge in [-0.05, 0) is 24.3 Å². The Bertz CT molecular complexity index is 783. The molecule has 24 heavy (non-hydrogen) atoms. The molecule has 5 nitrogen and oxygen atoms in total. The third-order valence-corrected chi connectivity index (χ3v) is 6.58. The molecule has 7 heteroatoms. The number of aromatic nitrogens is 2. The van der Waals surface area contributed by atoms with E-state index in [1.807, 2.05) is 30.3 Å². The zero-order valence-corrected chi connectivity index (χ0v) is 15.2. The summed E-state index contributed by atoms with van der Waals surface area (Å²) in [4.78, 5) is 3.96. The summed E-state index contributed by atoms with van der Waals surface area (Å²) < 4.78 is 30.0. The highest BCUT2D eigenvalue weighted by atomic mass is 35.5. The molecule has 1 aliphatic rings. The van der Waals surface area contributed by atoms with Gasteiger partial charge in [0.15, 0.2) is 0 Å². The fourth-order valence-corrected chi connectivity index (χ4v) is 5.08. The summed E-state index contributed by atoms with van der Waals surface area (Å²) in [5, 5.41) is 0.0152. The Balaban J connectivity index is 1.92. The first-order valence-electron chi connectivity index (χ1n) is 8.23. The molecule has 1 aliphatic carbocycles. The molecule has 0 saturated heterocycles. The summed E-state index contributed by atoms with van der Waals surface area (Å²) in [6.07, 6.45) is 6.96. The lowest BCUT2D eigenvalue weighted by molar-refractivity contribution is 0.293. The average Bonchev–Trinajstić information content (AvgIpc) is 2.94. The third-order valence-electron chi connectivity index (χ3n) is 4.65. The van der Waals surface area contributed by atoms with E-state index in [-0.39, 0.29) is 16.2 Å². The number of halogens is 1. The molecule has 0 bridgehead atoms. The quantitative estimate of drug-likeness (QED) is 0.876. The zero-order chi connectivity index (χ0) is 17.2. The molecule has 0 spiro atoms. The van der Waals surface area contributed by atoms with Crippen molar-refractivity contribution in [2.24, 2.45) is 13.0 Å². The van der Waals surface area contributed by atoms with Crippen molar-refractivity contribution < 1.29 is 8.42 Å². The van der Waals surface area contributed by atoms with Crippen LogP contribution in [0.25, 0.3) is 0 Å². The molecule has 1 fully saturated rings. The summed E-state index contributed by atoms with van der Waals surface area (Å²) in [6, 6.07) is 9.50. The number of hydrogen-bond donors (Lipinski definition) is 1. The van der Waals surface area contributed by atoms with Gasteiger partial charge in [-0.3, -0.25) is 0 Å². The van der Waals surface area contributed by atoms with Gasteiger partial charge in [-0.2, -0.15) is 0 Å². The highest BCUT2D eigenvalue weighted by molar-refractivity contribution is 7.89. The largest absolute Gasteiger partial charge is 0.324 e. The van der Waals surface area contributed by atoms with Crippen molar-refractivity contribution in [2.45, 2.75) is 43.2 Å². The average molecular weight is 368 g/mol. The van der Waals surface area contributed by atoms with Crippen molar-refractivity contribution in [3.05, 3.63) is 47.4 Å². The molecule has 1 aromatic carbocycles. The number of benzene rings is 1. The van der Waals surface area contributed by atoms with Crippen molar-refractivity contribution in [1.82, 2.24) is 14.3 Å². The number of rotatable bonds is 5. The number of hydrogen-bond acceptors (Lipinski definition) is 3. The fourth-order valence-electron chi connectivity index (χ4n) is 3.36. The Morgan fingerprint density at radius 2 is 1.88 bits per heavy atom. The molecule has 3 rings (SSSR count). The van der Waals surface area contributed by atoms with Gasteiger partial charge in [-0.1, -0.05) is 61.2 Å². The van der Waals surface area contributed by atoms with E-state index in [0.29, 0.717) is 5.92 Å². The van der Waals surface area contributed by atoms with Gasteiger partial charge in [-0.25, -0.2) is 18.1 Å². The van der Waals surface area contributed by atoms with Gasteiger partial charge in [-0.15, -0.1) is 0 Å². The molecule has 0 radical (unpaired) electrons. The molecule has 0 aliphatic heterocycles. The molecule has 1 atom stereocenters. The lowest BCUT2D eigenvalue weighted by Gasteiger charge is -2.31. The van der Waals surface area contributed by atoms with E-state index in [1.165, 1.54) is 17.3 Å². The summed E-state index contributed by atoms with van der Waals surface area (Å²) in [5.41, 5.74) is 0.986. The van der Waals surface area contributed by atoms with Gasteiger partial charge in [0, 0.05) is 13.1 Å². The van der Waals surface area contributed by atoms with E-state index in [0.717, 1.165) is 31.2 Å². The minimum Gasteiger partial charge on any atom is -0.324 e. The molecule has 1 saturated carbocycles. The van der Waals surface area contributed by atoms with Crippen LogP contribution in [0.1, 0.15) is 43.7 Å². The second-order valence-corrected chi connectivity index (χ2v) is 8.35. The zero-order valence-electron chi connectivity index (χ0n) is 13.7. The maximum Gasteiger partial charge on any atom is 0.261 e. The Morgan fingerprint density at radius 1 is 1.21 bits per heavy atom. The van der Waals surface area contributed by atoms with Crippen molar-refractivity contribution in [3.63, 3.8) is 0 Å². The van der Waals surface area contributed by atoms with Crippen LogP contribution < -0.4 is 4.72 Å². The van der Waals surface area contributed by atoms with Gasteiger partial charge in [0.25, 0.3) is 10.0 Å². The minimum atomic E-state index is -3.78. The van der Waals surface area contributed by atoms with Gasteiger partial charge >= 0.3 is 0 Å². The Hall–Kier alpha value is -1.37. The van der Waals surface area contributed by atoms with Crippen LogP contribution in [0.2, 0.25) is 5.15 Å². The second kappa shape index (κ2) is 7.25. The fraction of sp³-hybridized carbons (Fsp3) is 0.471. The van der Waals surface area contributed by atoms with Crippen LogP contribution in [-0.4, -0.2) is 18.0 Å². The van der Waals surface area contributed by atoms with Crippen LogP contribution in [-0.2, 0) is 17.1 Å². The van der Waals surface area contributed by atoms with Crippen molar-refractivity contribution >= 4 is 21.6 Å². The molecule has 1 aromatic heterocycles. The predicted molar refractivity (Wildman–Crippen MR) is 94.3 cm³/mol. The summed E-state index contributed by atoms with van der Waals surface area (Å²) in [6.45, 7) is 0. The van der Waals surface area contributed by atoms with E-state index in [1.54, 1.807) is 7.05 Å².